The van der Waals surface area contributed by atoms with Crippen LogP contribution in [-0.4, -0.2) is 42.8 Å². The summed E-state index contributed by atoms with van der Waals surface area (Å²) in [6.07, 6.45) is 0.727. The fraction of sp³-hybridized carbons (Fsp3) is 0.0185. The van der Waals surface area contributed by atoms with Gasteiger partial charge in [-0.05, 0) is 135 Å². The van der Waals surface area contributed by atoms with Gasteiger partial charge in [-0.15, -0.1) is 22.7 Å². The summed E-state index contributed by atoms with van der Waals surface area (Å²) in [6, 6.07) is -27.4. The largest absolute Gasteiger partial charge is 0.455 e. The maximum atomic E-state index is 9.67. The molecule has 12 heteroatoms. The Morgan fingerprint density at radius 3 is 1.40 bits per heavy atom. The van der Waals surface area contributed by atoms with E-state index in [-0.39, 0.29) is 181 Å². The summed E-state index contributed by atoms with van der Waals surface area (Å²) < 4.78 is 504. The monoisotopic (exact) mass is 1630 g/mol. The average molecular weight is 1630 g/mol. The highest BCUT2D eigenvalue weighted by Crippen LogP contribution is 2.49. The molecule has 0 aliphatic heterocycles. The van der Waals surface area contributed by atoms with Crippen molar-refractivity contribution in [3.05, 3.63) is 380 Å². The van der Waals surface area contributed by atoms with Crippen molar-refractivity contribution in [3.63, 3.8) is 0 Å². The number of hydrogen-bond donors (Lipinski definition) is 0. The predicted molar refractivity (Wildman–Crippen MR) is 505 cm³/mol. The van der Waals surface area contributed by atoms with E-state index in [2.05, 4.69) is 19.9 Å². The first kappa shape index (κ1) is 33.0. The molecule has 27 rings (SSSR count). The lowest BCUT2D eigenvalue weighted by Gasteiger charge is -2.13. The van der Waals surface area contributed by atoms with Crippen LogP contribution in [0.2, 0.25) is 0 Å². The van der Waals surface area contributed by atoms with Crippen molar-refractivity contribution in [3.8, 4) is 40.2 Å². The molecule has 0 unspecified atom stereocenters. The van der Waals surface area contributed by atoms with Gasteiger partial charge in [-0.25, -0.2) is 19.9 Å². The van der Waals surface area contributed by atoms with Crippen LogP contribution in [-0.2, 0) is 0 Å². The second-order valence-corrected chi connectivity index (χ2v) is 29.0. The van der Waals surface area contributed by atoms with Crippen LogP contribution in [0.25, 0.3) is 233 Å². The molecule has 0 fully saturated rings. The Labute approximate surface area is 772 Å². The average Bonchev–Trinajstić information content (AvgIpc) is 1.50. The molecule has 11 aromatic heterocycles. The number of benzene rings is 16. The van der Waals surface area contributed by atoms with Crippen molar-refractivity contribution in [2.24, 2.45) is 0 Å². The number of pyridine rings is 2. The van der Waals surface area contributed by atoms with Crippen LogP contribution in [0.15, 0.2) is 373 Å². The minimum Gasteiger partial charge on any atom is -0.455 e. The molecule has 0 radical (unpaired) electrons. The molecule has 562 valence electrons. The Balaban J connectivity index is 0.000000131. The van der Waals surface area contributed by atoms with E-state index in [0.717, 1.165) is 13.7 Å². The zero-order chi connectivity index (χ0) is 128. The molecule has 0 aliphatic carbocycles. The van der Waals surface area contributed by atoms with Crippen molar-refractivity contribution < 1.29 is 81.2 Å². The van der Waals surface area contributed by atoms with Gasteiger partial charge in [0.1, 0.15) is 11.2 Å². The number of nitrogens with zero attached hydrogens (tertiary/aromatic N) is 9. The summed E-state index contributed by atoms with van der Waals surface area (Å²) in [5, 5.41) is -2.83. The van der Waals surface area contributed by atoms with Crippen LogP contribution in [0.1, 0.15) is 87.9 Å². The standard InChI is InChI=1S/C37H23N3O.C36H23N3S.C35H21N3S/c1-22-18-20-23(21-19-22)34-26-12-4-7-15-29(26)38-37(39-34)40-30-16-8-5-13-27(30)32-33-28-14-6-9-17-31(28)41-36(33)25-11-3-2-10-24(25)35(32)40;1-22-14-16-33-28(20-22)26-10-4-7-13-32(26)39(33)36-35-27(18-19-37-36)29-21-23(15-17-34(29)40-35)38-30-11-5-2-8-24(30)25-9-3-6-12-31(25)38;1-5-13-29-23(9-1)24-10-2-6-14-30(24)37(29)22-17-18-33-28(21-22)27-19-20-36-35(34(27)39-33)38-31-15-7-3-11-25(31)26-12-4-8-16-32(26)38/h2-21H,1H3;2-21H,1H3;1-21H/i2D,3D,4D,5D,6D,7D,8D,9D,10D,11D,12D,13D,14D,15D,16D,17D,18D,19D,20D,21D;2D,3D,4D,5D,6D,7D,8D,9D,10D,11D,12D,13D,14D,16D,20D;1D,2D,3D,4D,5D,6D,7D,8D,9D,10D,11D,12D,13D,14D,15D,16D,17D,18D,19D,20D,21D. The minimum atomic E-state index is -0.802. The topological polar surface area (TPSA) is 89.3 Å². The Hall–Kier alpha value is -15.3. The maximum absolute atomic E-state index is 9.67. The molecule has 0 atom stereocenters. The molecule has 10 nitrogen and oxygen atoms in total. The zero-order valence-corrected chi connectivity index (χ0v) is 62.3. The van der Waals surface area contributed by atoms with Crippen molar-refractivity contribution >= 4 is 216 Å². The molecule has 0 amide bonds. The van der Waals surface area contributed by atoms with E-state index in [9.17, 15) is 8.22 Å². The van der Waals surface area contributed by atoms with E-state index in [4.69, 9.17) is 73.0 Å². The van der Waals surface area contributed by atoms with Gasteiger partial charge in [0, 0.05) is 141 Å². The minimum absolute atomic E-state index is 0.000283. The SMILES string of the molecule is [2H]c1c([2H])c(-c2nc(-n3c4c([2H])c([2H])c([2H])c([2H])c4c4c5c(oc6c([2H])c([2H])c([2H])c([2H])c65)c5c([2H])c([2H])c([2H])c([2H])c5c43)nc3c([2H])c([2H])c([2H])c([2H])c23)c([2H])c([2H])c1C.[2H]c1c([2H])c([2H])c2c(c1[2H])c1c([2H])c([2H])c([2H])c([2H])c1n2-c1ccc2sc3c(-n4c5c([2H])c([2H])c([2H])c([2H])c5c5c([2H])c(C)c([2H])c([2H])c54)nccc3c2c1.[2H]c1nc(-n2c3c([2H])c([2H])c([2H])c([2H])c3c3c([2H])c([2H])c([2H])c([2H])c32)c2sc3c([2H])c([2H])c(-n4c5c([2H])c([2H])c([2H])c([2H])c5c5c([2H])c([2H])c([2H])c([2H])c54)c([2H])c3c2c1[2H]. The molecule has 0 spiro atoms. The number of thiophene rings is 2. The highest BCUT2D eigenvalue weighted by Gasteiger charge is 2.27. The first-order valence-electron chi connectivity index (χ1n) is 64.0. The van der Waals surface area contributed by atoms with Gasteiger partial charge in [0.2, 0.25) is 5.95 Å². The van der Waals surface area contributed by atoms with Gasteiger partial charge < -0.3 is 13.6 Å². The van der Waals surface area contributed by atoms with Crippen molar-refractivity contribution in [2.75, 3.05) is 0 Å². The van der Waals surface area contributed by atoms with E-state index in [1.165, 1.54) is 40.5 Å². The van der Waals surface area contributed by atoms with Gasteiger partial charge in [-0.3, -0.25) is 13.7 Å². The van der Waals surface area contributed by atoms with Gasteiger partial charge in [-0.2, -0.15) is 0 Å². The molecule has 0 N–H and O–H groups in total. The van der Waals surface area contributed by atoms with Crippen molar-refractivity contribution in [1.82, 2.24) is 42.8 Å². The Kier molecular flexibility index (Phi) is 7.31. The molecule has 27 aromatic rings. The van der Waals surface area contributed by atoms with Crippen molar-refractivity contribution in [2.45, 2.75) is 13.8 Å². The lowest BCUT2D eigenvalue weighted by atomic mass is 9.99. The van der Waals surface area contributed by atoms with Crippen LogP contribution in [0.3, 0.4) is 0 Å². The van der Waals surface area contributed by atoms with Gasteiger partial charge in [0.05, 0.1) is 153 Å². The second kappa shape index (κ2) is 26.6. The first-order valence-corrected chi connectivity index (χ1v) is 37.6. The summed E-state index contributed by atoms with van der Waals surface area (Å²) in [6.45, 7) is 2.87. The van der Waals surface area contributed by atoms with E-state index in [0.29, 0.717) is 37.2 Å². The van der Waals surface area contributed by atoms with Gasteiger partial charge in [0.15, 0.2) is 11.6 Å². The molecule has 0 bridgehead atoms. The molecular formula is C108H67N9OS2. The fourth-order valence-electron chi connectivity index (χ4n) is 15.6. The molecule has 16 aromatic carbocycles. The normalized spacial score (nSPS) is 18.6. The van der Waals surface area contributed by atoms with Gasteiger partial charge in [0.25, 0.3) is 0 Å². The van der Waals surface area contributed by atoms with E-state index >= 15 is 0 Å². The lowest BCUT2D eigenvalue weighted by molar-refractivity contribution is 0.673. The smallest absolute Gasteiger partial charge is 0.235 e. The molecule has 0 saturated carbocycles. The van der Waals surface area contributed by atoms with Crippen LogP contribution in [0.4, 0.5) is 0 Å². The zero-order valence-electron chi connectivity index (χ0n) is 117. The van der Waals surface area contributed by atoms with Gasteiger partial charge in [-0.1, -0.05) is 247 Å². The van der Waals surface area contributed by atoms with E-state index in [1.807, 2.05) is 0 Å². The third kappa shape index (κ3) is 10.2. The highest BCUT2D eigenvalue weighted by atomic mass is 32.1. The van der Waals surface area contributed by atoms with E-state index < -0.39 is 376 Å². The van der Waals surface area contributed by atoms with Crippen molar-refractivity contribution in [1.29, 1.82) is 0 Å². The number of furan rings is 1. The summed E-state index contributed by atoms with van der Waals surface area (Å²) >= 11 is 1.99. The molecule has 11 heterocycles. The number of hydrogen-bond acceptors (Lipinski definition) is 7. The molecular weight excluding hydrogens is 1500 g/mol. The third-order valence-electron chi connectivity index (χ3n) is 20.5. The predicted octanol–water partition coefficient (Wildman–Crippen LogP) is 29.4. The summed E-state index contributed by atoms with van der Waals surface area (Å²) in [7, 11) is 0. The fourth-order valence-corrected chi connectivity index (χ4v) is 17.8. The molecule has 0 aliphatic rings. The number of aromatic nitrogens is 9. The quantitative estimate of drug-likeness (QED) is 0.165. The molecule has 120 heavy (non-hydrogen) atoms. The lowest BCUT2D eigenvalue weighted by Crippen LogP contribution is -2.03. The van der Waals surface area contributed by atoms with Gasteiger partial charge >= 0.3 is 0 Å². The Morgan fingerprint density at radius 1 is 0.308 bits per heavy atom. The Morgan fingerprint density at radius 2 is 0.783 bits per heavy atom. The third-order valence-corrected chi connectivity index (χ3v) is 22.8. The van der Waals surface area contributed by atoms with Crippen LogP contribution < -0.4 is 0 Å². The van der Waals surface area contributed by atoms with E-state index in [1.54, 1.807) is 24.3 Å². The van der Waals surface area contributed by atoms with Crippen LogP contribution >= 0.6 is 22.7 Å². The number of fused-ring (bicyclic) bond motifs is 29. The number of para-hydroxylation sites is 10. The number of rotatable bonds is 6. The molecule has 0 saturated heterocycles. The second-order valence-electron chi connectivity index (χ2n) is 27.0. The summed E-state index contributed by atoms with van der Waals surface area (Å²) in [4.78, 5) is 18.1. The highest BCUT2D eigenvalue weighted by molar-refractivity contribution is 7.26. The summed E-state index contributed by atoms with van der Waals surface area (Å²) in [5.41, 5.74) is -4.87. The van der Waals surface area contributed by atoms with Crippen LogP contribution in [0.5, 0.6) is 0 Å². The van der Waals surface area contributed by atoms with Crippen LogP contribution in [0, 0.1) is 13.8 Å². The maximum Gasteiger partial charge on any atom is 0.235 e. The summed E-state index contributed by atoms with van der Waals surface area (Å²) in [5.74, 6) is -0.839. The Bertz CT molecular complexity index is 12300. The first-order chi connectivity index (χ1) is 82.7.